The van der Waals surface area contributed by atoms with E-state index in [1.807, 2.05) is 12.1 Å². The van der Waals surface area contributed by atoms with Gasteiger partial charge in [0.25, 0.3) is 0 Å². The van der Waals surface area contributed by atoms with Crippen molar-refractivity contribution in [1.29, 1.82) is 0 Å². The smallest absolute Gasteiger partial charge is 1.00 e. The molecule has 0 fully saturated rings. The van der Waals surface area contributed by atoms with Gasteiger partial charge in [-0.3, -0.25) is 10.1 Å². The Kier molecular flexibility index (Phi) is 8.38. The summed E-state index contributed by atoms with van der Waals surface area (Å²) in [6, 6.07) is 13.6. The van der Waals surface area contributed by atoms with E-state index in [2.05, 4.69) is 0 Å². The molecular weight excluding hydrogens is 304 g/mol. The first-order valence-electron chi connectivity index (χ1n) is 6.57. The number of hydrogen-bond acceptors (Lipinski definition) is 4. The Morgan fingerprint density at radius 2 is 1.48 bits per heavy atom. The van der Waals surface area contributed by atoms with Gasteiger partial charge >= 0.3 is 29.6 Å². The second kappa shape index (κ2) is 8.96. The van der Waals surface area contributed by atoms with Crippen LogP contribution in [-0.2, 0) is 6.42 Å². The Bertz CT molecular complexity index is 630. The Balaban J connectivity index is 0.00000242. The monoisotopic (exact) mass is 321 g/mol. The molecule has 5 nitrogen and oxygen atoms in total. The van der Waals surface area contributed by atoms with Gasteiger partial charge in [-0.1, -0.05) is 12.1 Å². The normalized spacial score (nSPS) is 10.2. The molecule has 1 N–H and O–H groups in total. The fraction of sp³-hybridized carbons (Fsp3) is 0.250. The maximum absolute atomic E-state index is 10.9. The number of ether oxygens (including phenoxy) is 1. The van der Waals surface area contributed by atoms with E-state index < -0.39 is 5.54 Å². The first-order valence-corrected chi connectivity index (χ1v) is 6.57. The van der Waals surface area contributed by atoms with E-state index in [1.165, 1.54) is 0 Å². The van der Waals surface area contributed by atoms with Crippen molar-refractivity contribution in [2.45, 2.75) is 25.8 Å². The molecule has 2 rings (SSSR count). The minimum atomic E-state index is -0.987. The third-order valence-corrected chi connectivity index (χ3v) is 3.13. The van der Waals surface area contributed by atoms with E-state index >= 15 is 0 Å². The van der Waals surface area contributed by atoms with Gasteiger partial charge in [-0.25, -0.2) is 0 Å². The molecule has 0 atom stereocenters. The Morgan fingerprint density at radius 3 is 1.91 bits per heavy atom. The van der Waals surface area contributed by atoms with Crippen molar-refractivity contribution in [1.82, 2.24) is 0 Å². The zero-order valence-electron chi connectivity index (χ0n) is 13.5. The van der Waals surface area contributed by atoms with Crippen molar-refractivity contribution in [3.63, 3.8) is 0 Å². The summed E-state index contributed by atoms with van der Waals surface area (Å²) in [5, 5.41) is 20.1. The van der Waals surface area contributed by atoms with Crippen molar-refractivity contribution in [2.24, 2.45) is 0 Å². The van der Waals surface area contributed by atoms with E-state index in [4.69, 9.17) is 4.74 Å². The van der Waals surface area contributed by atoms with E-state index in [0.717, 1.165) is 5.56 Å². The quantitative estimate of drug-likeness (QED) is 0.492. The van der Waals surface area contributed by atoms with E-state index in [9.17, 15) is 15.2 Å². The third-order valence-electron chi connectivity index (χ3n) is 3.13. The molecule has 0 aliphatic heterocycles. The predicted molar refractivity (Wildman–Crippen MR) is 85.2 cm³/mol. The molecule has 0 spiro atoms. The largest absolute Gasteiger partial charge is 1.00 e. The van der Waals surface area contributed by atoms with Crippen LogP contribution in [0.25, 0.3) is 0 Å². The van der Waals surface area contributed by atoms with Crippen LogP contribution in [0.2, 0.25) is 0 Å². The molecule has 0 bridgehead atoms. The summed E-state index contributed by atoms with van der Waals surface area (Å²) in [6.07, 6.45) is 0.361. The minimum Gasteiger partial charge on any atom is -1.00 e. The third kappa shape index (κ3) is 6.25. The molecule has 4 radical (unpaired) electrons. The number of benzene rings is 2. The van der Waals surface area contributed by atoms with Crippen molar-refractivity contribution in [3.8, 4) is 17.2 Å². The second-order valence-electron chi connectivity index (χ2n) is 5.49. The summed E-state index contributed by atoms with van der Waals surface area (Å²) >= 11 is 0. The summed E-state index contributed by atoms with van der Waals surface area (Å²) in [5.74, 6) is 1.44. The number of aromatic hydroxyl groups is 1. The fourth-order valence-corrected chi connectivity index (χ4v) is 1.89. The van der Waals surface area contributed by atoms with E-state index in [-0.39, 0.29) is 48.6 Å². The topological polar surface area (TPSA) is 72.6 Å². The summed E-state index contributed by atoms with van der Waals surface area (Å²) in [4.78, 5) is 10.7. The molecule has 0 heterocycles. The molecule has 23 heavy (non-hydrogen) atoms. The van der Waals surface area contributed by atoms with Gasteiger partial charge in [0, 0.05) is 25.2 Å². The van der Waals surface area contributed by atoms with Crippen LogP contribution in [0.1, 0.15) is 19.4 Å². The van der Waals surface area contributed by atoms with Crippen molar-refractivity contribution in [2.75, 3.05) is 0 Å². The van der Waals surface area contributed by atoms with Gasteiger partial charge in [-0.2, -0.15) is 0 Å². The van der Waals surface area contributed by atoms with Crippen LogP contribution in [0.15, 0.2) is 48.5 Å². The molecule has 0 aromatic heterocycles. The maximum atomic E-state index is 10.9. The maximum Gasteiger partial charge on any atom is 1.00 e. The SMILES string of the molecule is CC(C)(Cc1ccc(Oc2ccc(O)cc2)cc1)[N+](=O)[O-].[B-].[Na+]. The molecule has 0 amide bonds. The van der Waals surface area contributed by atoms with Crippen LogP contribution in [0.5, 0.6) is 17.2 Å². The molecular formula is C16H17BNNaO4. The van der Waals surface area contributed by atoms with Crippen molar-refractivity contribution < 1.29 is 44.3 Å². The van der Waals surface area contributed by atoms with E-state index in [0.29, 0.717) is 17.9 Å². The zero-order valence-corrected chi connectivity index (χ0v) is 15.5. The van der Waals surface area contributed by atoms with Gasteiger partial charge in [0.05, 0.1) is 0 Å². The summed E-state index contributed by atoms with van der Waals surface area (Å²) in [5.41, 5.74) is -0.103. The molecule has 0 saturated heterocycles. The van der Waals surface area contributed by atoms with Crippen molar-refractivity contribution in [3.05, 3.63) is 64.2 Å². The predicted octanol–water partition coefficient (Wildman–Crippen LogP) is 0.406. The molecule has 2 aromatic rings. The van der Waals surface area contributed by atoms with Gasteiger partial charge in [0.2, 0.25) is 5.54 Å². The van der Waals surface area contributed by atoms with Crippen LogP contribution >= 0.6 is 0 Å². The minimum absolute atomic E-state index is 0. The van der Waals surface area contributed by atoms with Crippen LogP contribution in [-0.4, -0.2) is 24.0 Å². The summed E-state index contributed by atoms with van der Waals surface area (Å²) < 4.78 is 5.62. The van der Waals surface area contributed by atoms with E-state index in [1.54, 1.807) is 50.2 Å². The van der Waals surface area contributed by atoms with Gasteiger partial charge in [-0.05, 0) is 42.0 Å². The number of nitrogens with zero attached hydrogens (tertiary/aromatic N) is 1. The number of rotatable bonds is 5. The molecule has 0 aliphatic rings. The van der Waals surface area contributed by atoms with Crippen molar-refractivity contribution >= 4 is 8.41 Å². The first-order chi connectivity index (χ1) is 9.87. The Hall–Kier alpha value is -1.50. The first kappa shape index (κ1) is 21.5. The average Bonchev–Trinajstić information content (AvgIpc) is 2.43. The molecule has 0 unspecified atom stereocenters. The number of hydrogen-bond donors (Lipinski definition) is 1. The standard InChI is InChI=1S/C16H17NO4.B.Na/c1-16(2,17(19)20)11-12-3-7-14(8-4-12)21-15-9-5-13(18)6-10-15;;/h3-10,18H,11H2,1-2H3;;/q;-1;+1. The van der Waals surface area contributed by atoms with Crippen LogP contribution < -0.4 is 34.3 Å². The van der Waals surface area contributed by atoms with Gasteiger partial charge in [-0.15, -0.1) is 0 Å². The van der Waals surface area contributed by atoms with Gasteiger partial charge in [0.1, 0.15) is 17.2 Å². The van der Waals surface area contributed by atoms with Gasteiger partial charge < -0.3 is 18.3 Å². The summed E-state index contributed by atoms with van der Waals surface area (Å²) in [7, 11) is 0. The summed E-state index contributed by atoms with van der Waals surface area (Å²) in [6.45, 7) is 3.21. The van der Waals surface area contributed by atoms with Gasteiger partial charge in [0.15, 0.2) is 0 Å². The molecule has 0 saturated carbocycles. The number of phenolic OH excluding ortho intramolecular Hbond substituents is 1. The number of nitro groups is 1. The van der Waals surface area contributed by atoms with Crippen LogP contribution in [0.3, 0.4) is 0 Å². The molecule has 7 heteroatoms. The molecule has 114 valence electrons. The van der Waals surface area contributed by atoms with Crippen LogP contribution in [0, 0.1) is 10.1 Å². The second-order valence-corrected chi connectivity index (χ2v) is 5.49. The average molecular weight is 321 g/mol. The zero-order chi connectivity index (χ0) is 15.5. The molecule has 0 aliphatic carbocycles. The molecule has 2 aromatic carbocycles. The number of phenols is 1. The van der Waals surface area contributed by atoms with Crippen LogP contribution in [0.4, 0.5) is 0 Å². The Morgan fingerprint density at radius 1 is 1.04 bits per heavy atom. The Labute approximate surface area is 159 Å². The fourth-order valence-electron chi connectivity index (χ4n) is 1.89.